The molecular weight excluding hydrogens is 370 g/mol. The van der Waals surface area contributed by atoms with Gasteiger partial charge in [-0.1, -0.05) is 66.9 Å². The zero-order valence-corrected chi connectivity index (χ0v) is 12.9. The van der Waals surface area contributed by atoms with Crippen LogP contribution in [-0.2, 0) is 0 Å². The predicted octanol–water partition coefficient (Wildman–Crippen LogP) is 6.73. The molecule has 0 aliphatic rings. The van der Waals surface area contributed by atoms with Crippen molar-refractivity contribution in [1.29, 1.82) is 0 Å². The zero-order valence-electron chi connectivity index (χ0n) is 10.6. The lowest BCUT2D eigenvalue weighted by molar-refractivity contribution is 0.220. The van der Waals surface area contributed by atoms with Gasteiger partial charge in [0.1, 0.15) is 11.0 Å². The van der Waals surface area contributed by atoms with Crippen molar-refractivity contribution in [2.24, 2.45) is 0 Å². The van der Waals surface area contributed by atoms with E-state index in [1.165, 1.54) is 18.2 Å². The van der Waals surface area contributed by atoms with Crippen molar-refractivity contribution in [3.8, 4) is 0 Å². The largest absolute Gasteiger partial charge is 0.384 e. The Hall–Kier alpha value is -1.02. The van der Waals surface area contributed by atoms with E-state index in [2.05, 4.69) is 0 Å². The van der Waals surface area contributed by atoms with Crippen LogP contribution in [0.1, 0.15) is 17.2 Å². The first kappa shape index (κ1) is 17.3. The highest BCUT2D eigenvalue weighted by molar-refractivity contribution is 8.45. The number of halogens is 7. The third kappa shape index (κ3) is 3.65. The lowest BCUT2D eigenvalue weighted by Crippen LogP contribution is -2.08. The fourth-order valence-corrected chi connectivity index (χ4v) is 2.94. The number of benzene rings is 2. The highest BCUT2D eigenvalue weighted by Crippen LogP contribution is 3.02. The van der Waals surface area contributed by atoms with Gasteiger partial charge in [-0.05, 0) is 23.8 Å². The Kier molecular flexibility index (Phi) is 3.73. The maximum absolute atomic E-state index is 12.8. The smallest absolute Gasteiger partial charge is 0.310 e. The molecule has 2 aromatic carbocycles. The Morgan fingerprint density at radius 3 is 2.09 bits per heavy atom. The molecule has 0 amide bonds. The molecule has 122 valence electrons. The Balaban J connectivity index is 2.54. The van der Waals surface area contributed by atoms with Crippen molar-refractivity contribution in [2.45, 2.75) is 11.0 Å². The van der Waals surface area contributed by atoms with Gasteiger partial charge < -0.3 is 5.11 Å². The van der Waals surface area contributed by atoms with E-state index in [-0.39, 0.29) is 33.3 Å². The highest BCUT2D eigenvalue weighted by atomic mass is 35.5. The molecule has 0 aromatic heterocycles. The lowest BCUT2D eigenvalue weighted by atomic mass is 10.0. The van der Waals surface area contributed by atoms with Crippen molar-refractivity contribution >= 4 is 33.4 Å². The van der Waals surface area contributed by atoms with E-state index in [9.17, 15) is 24.5 Å². The molecule has 0 saturated heterocycles. The maximum Gasteiger partial charge on any atom is 0.310 e. The van der Waals surface area contributed by atoms with Crippen LogP contribution >= 0.6 is 33.4 Å². The first-order chi connectivity index (χ1) is 9.79. The predicted molar refractivity (Wildman–Crippen MR) is 78.4 cm³/mol. The zero-order chi connectivity index (χ0) is 16.8. The number of aliphatic hydroxyl groups excluding tert-OH is 1. The van der Waals surface area contributed by atoms with E-state index in [0.29, 0.717) is 0 Å². The lowest BCUT2D eigenvalue weighted by Gasteiger charge is -2.40. The van der Waals surface area contributed by atoms with E-state index in [1.807, 2.05) is 0 Å². The highest BCUT2D eigenvalue weighted by Gasteiger charge is 2.65. The minimum absolute atomic E-state index is 0.0217. The average molecular weight is 379 g/mol. The van der Waals surface area contributed by atoms with Gasteiger partial charge in [0.15, 0.2) is 0 Å². The summed E-state index contributed by atoms with van der Waals surface area (Å²) in [5.41, 5.74) is -0.344. The Morgan fingerprint density at radius 2 is 1.50 bits per heavy atom. The van der Waals surface area contributed by atoms with Gasteiger partial charge in [0.05, 0.1) is 10.0 Å². The van der Waals surface area contributed by atoms with Gasteiger partial charge in [-0.3, -0.25) is 0 Å². The summed E-state index contributed by atoms with van der Waals surface area (Å²) in [6.45, 7) is 0. The van der Waals surface area contributed by atoms with Crippen LogP contribution in [-0.4, -0.2) is 5.11 Å². The summed E-state index contributed by atoms with van der Waals surface area (Å²) < 4.78 is 64.0. The van der Waals surface area contributed by atoms with E-state index in [4.69, 9.17) is 23.2 Å². The van der Waals surface area contributed by atoms with Crippen LogP contribution in [0.3, 0.4) is 0 Å². The van der Waals surface area contributed by atoms with Gasteiger partial charge in [-0.25, -0.2) is 0 Å². The van der Waals surface area contributed by atoms with Gasteiger partial charge in [0.25, 0.3) is 0 Å². The second-order valence-corrected chi connectivity index (χ2v) is 7.78. The second-order valence-electron chi connectivity index (χ2n) is 4.59. The summed E-state index contributed by atoms with van der Waals surface area (Å²) in [4.78, 5) is -2.07. The summed E-state index contributed by atoms with van der Waals surface area (Å²) in [7, 11) is -9.82. The third-order valence-electron chi connectivity index (χ3n) is 2.90. The molecule has 1 nitrogen and oxygen atoms in total. The quantitative estimate of drug-likeness (QED) is 0.586. The number of hydrogen-bond donors (Lipinski definition) is 1. The molecule has 0 spiro atoms. The number of aliphatic hydroxyl groups is 1. The molecule has 0 aliphatic carbocycles. The molecular formula is C13H9Cl2F5OS. The molecule has 9 heteroatoms. The van der Waals surface area contributed by atoms with E-state index >= 15 is 0 Å². The first-order valence-corrected chi connectivity index (χ1v) is 8.46. The summed E-state index contributed by atoms with van der Waals surface area (Å²) >= 11 is 11.6. The maximum atomic E-state index is 12.8. The standard InChI is InChI=1S/C13H9Cl2F5OS/c14-11-6-2-5-10(12(11)15)13(21)8-3-1-4-9(7-8)22(16,17,18,19)20/h1-7,13,21H. The molecule has 1 unspecified atom stereocenters. The van der Waals surface area contributed by atoms with Crippen molar-refractivity contribution in [3.05, 3.63) is 63.6 Å². The van der Waals surface area contributed by atoms with Gasteiger partial charge in [0.2, 0.25) is 0 Å². The van der Waals surface area contributed by atoms with E-state index < -0.39 is 21.2 Å². The minimum atomic E-state index is -9.82. The molecule has 0 heterocycles. The van der Waals surface area contributed by atoms with Gasteiger partial charge in [-0.15, -0.1) is 0 Å². The monoisotopic (exact) mass is 378 g/mol. The van der Waals surface area contributed by atoms with Crippen molar-refractivity contribution in [3.63, 3.8) is 0 Å². The van der Waals surface area contributed by atoms with Crippen LogP contribution < -0.4 is 0 Å². The summed E-state index contributed by atoms with van der Waals surface area (Å²) in [6.07, 6.45) is -1.62. The third-order valence-corrected chi connectivity index (χ3v) is 4.87. The van der Waals surface area contributed by atoms with Gasteiger partial charge in [0, 0.05) is 5.56 Å². The normalized spacial score (nSPS) is 16.7. The topological polar surface area (TPSA) is 20.2 Å². The molecule has 0 aliphatic heterocycles. The molecule has 0 fully saturated rings. The Morgan fingerprint density at radius 1 is 0.909 bits per heavy atom. The van der Waals surface area contributed by atoms with Gasteiger partial charge >= 0.3 is 10.2 Å². The molecule has 0 saturated carbocycles. The van der Waals surface area contributed by atoms with Crippen molar-refractivity contribution < 1.29 is 24.5 Å². The molecule has 1 N–H and O–H groups in total. The van der Waals surface area contributed by atoms with Crippen LogP contribution in [0.15, 0.2) is 47.4 Å². The molecule has 0 radical (unpaired) electrons. The molecule has 22 heavy (non-hydrogen) atoms. The number of hydrogen-bond acceptors (Lipinski definition) is 1. The SMILES string of the molecule is OC(c1cccc(S(F)(F)(F)(F)F)c1)c1cccc(Cl)c1Cl. The van der Waals surface area contributed by atoms with E-state index in [1.54, 1.807) is 0 Å². The van der Waals surface area contributed by atoms with Crippen LogP contribution in [0.2, 0.25) is 10.0 Å². The molecule has 2 aromatic rings. The fourth-order valence-electron chi connectivity index (χ4n) is 1.84. The van der Waals surface area contributed by atoms with Crippen molar-refractivity contribution in [1.82, 2.24) is 0 Å². The summed E-state index contributed by atoms with van der Waals surface area (Å²) in [5.74, 6) is 0. The first-order valence-electron chi connectivity index (χ1n) is 5.75. The Labute approximate surface area is 133 Å². The van der Waals surface area contributed by atoms with Gasteiger partial charge in [-0.2, -0.15) is 0 Å². The Bertz CT molecular complexity index is 733. The van der Waals surface area contributed by atoms with Crippen LogP contribution in [0.5, 0.6) is 0 Å². The van der Waals surface area contributed by atoms with Crippen LogP contribution in [0.4, 0.5) is 19.4 Å². The molecule has 2 rings (SSSR count). The molecule has 0 bridgehead atoms. The summed E-state index contributed by atoms with van der Waals surface area (Å²) in [6, 6.07) is 6.55. The van der Waals surface area contributed by atoms with E-state index in [0.717, 1.165) is 12.1 Å². The average Bonchev–Trinajstić information content (AvgIpc) is 2.39. The van der Waals surface area contributed by atoms with Crippen LogP contribution in [0.25, 0.3) is 0 Å². The molecule has 1 atom stereocenters. The van der Waals surface area contributed by atoms with Crippen LogP contribution in [0, 0.1) is 0 Å². The minimum Gasteiger partial charge on any atom is -0.384 e. The number of rotatable bonds is 3. The summed E-state index contributed by atoms with van der Waals surface area (Å²) in [5, 5.41) is 10.1. The van der Waals surface area contributed by atoms with Crippen molar-refractivity contribution in [2.75, 3.05) is 0 Å². The second kappa shape index (κ2) is 4.74. The fraction of sp³-hybridized carbons (Fsp3) is 0.0769.